The predicted molar refractivity (Wildman–Crippen MR) is 153 cm³/mol. The Hall–Kier alpha value is -4.16. The van der Waals surface area contributed by atoms with Crippen LogP contribution in [0.25, 0.3) is 6.08 Å². The minimum atomic E-state index is -1.30. The van der Waals surface area contributed by atoms with Crippen LogP contribution >= 0.6 is 0 Å². The fourth-order valence-electron chi connectivity index (χ4n) is 4.98. The zero-order valence-corrected chi connectivity index (χ0v) is 23.8. The third-order valence-electron chi connectivity index (χ3n) is 7.11. The van der Waals surface area contributed by atoms with Crippen molar-refractivity contribution in [1.82, 2.24) is 0 Å². The van der Waals surface area contributed by atoms with Crippen molar-refractivity contribution in [3.63, 3.8) is 0 Å². The molecule has 1 heterocycles. The molecule has 0 amide bonds. The minimum absolute atomic E-state index is 0.0956. The molecule has 42 heavy (non-hydrogen) atoms. The van der Waals surface area contributed by atoms with Crippen molar-refractivity contribution >= 4 is 6.08 Å². The quantitative estimate of drug-likeness (QED) is 0.201. The first-order valence-electron chi connectivity index (χ1n) is 13.2. The van der Waals surface area contributed by atoms with Crippen LogP contribution in [0.1, 0.15) is 40.4 Å². The first kappa shape index (κ1) is 30.8. The van der Waals surface area contributed by atoms with E-state index < -0.39 is 30.8 Å². The number of hydrogen-bond donors (Lipinski definition) is 5. The summed E-state index contributed by atoms with van der Waals surface area (Å²) in [7, 11) is 5.80. The van der Waals surface area contributed by atoms with Gasteiger partial charge in [-0.05, 0) is 47.5 Å². The Morgan fingerprint density at radius 3 is 2.10 bits per heavy atom. The molecule has 0 aromatic heterocycles. The first-order chi connectivity index (χ1) is 20.3. The lowest BCUT2D eigenvalue weighted by Crippen LogP contribution is -2.29. The maximum Gasteiger partial charge on any atom is 0.204 e. The highest BCUT2D eigenvalue weighted by molar-refractivity contribution is 5.63. The van der Waals surface area contributed by atoms with Crippen LogP contribution in [-0.4, -0.2) is 79.9 Å². The summed E-state index contributed by atoms with van der Waals surface area (Å²) >= 11 is 0. The van der Waals surface area contributed by atoms with Gasteiger partial charge in [-0.15, -0.1) is 0 Å². The summed E-state index contributed by atoms with van der Waals surface area (Å²) in [5, 5.41) is 50.6. The normalized spacial score (nSPS) is 17.3. The summed E-state index contributed by atoms with van der Waals surface area (Å²) in [5.74, 6) is 1.20. The highest BCUT2D eigenvalue weighted by atomic mass is 16.6. The number of benzene rings is 3. The molecule has 4 atom stereocenters. The molecular formula is C31H36O11. The van der Waals surface area contributed by atoms with Crippen molar-refractivity contribution in [3.8, 4) is 40.2 Å². The highest BCUT2D eigenvalue weighted by Crippen LogP contribution is 2.53. The monoisotopic (exact) mass is 584 g/mol. The summed E-state index contributed by atoms with van der Waals surface area (Å²) in [6.45, 7) is -0.905. The van der Waals surface area contributed by atoms with Crippen LogP contribution in [-0.2, 0) is 0 Å². The second-order valence-corrected chi connectivity index (χ2v) is 9.52. The lowest BCUT2D eigenvalue weighted by Gasteiger charge is -2.26. The molecule has 0 saturated heterocycles. The molecule has 0 bridgehead atoms. The second kappa shape index (κ2) is 13.7. The fourth-order valence-corrected chi connectivity index (χ4v) is 4.98. The van der Waals surface area contributed by atoms with E-state index in [9.17, 15) is 25.5 Å². The summed E-state index contributed by atoms with van der Waals surface area (Å²) in [5.41, 5.74) is 2.49. The lowest BCUT2D eigenvalue weighted by atomic mass is 9.90. The Labute approximate surface area is 243 Å². The molecule has 0 aliphatic carbocycles. The number of aliphatic hydroxyl groups excluding tert-OH is 4. The van der Waals surface area contributed by atoms with E-state index in [0.717, 1.165) is 11.1 Å². The Morgan fingerprint density at radius 1 is 0.857 bits per heavy atom. The summed E-state index contributed by atoms with van der Waals surface area (Å²) < 4.78 is 34.3. The molecule has 0 spiro atoms. The molecule has 1 aliphatic heterocycles. The highest BCUT2D eigenvalue weighted by Gasteiger charge is 2.39. The third-order valence-corrected chi connectivity index (χ3v) is 7.11. The van der Waals surface area contributed by atoms with Gasteiger partial charge < -0.3 is 54.0 Å². The van der Waals surface area contributed by atoms with Crippen molar-refractivity contribution in [2.45, 2.75) is 24.2 Å². The van der Waals surface area contributed by atoms with Crippen LogP contribution < -0.4 is 28.4 Å². The Bertz CT molecular complexity index is 1380. The van der Waals surface area contributed by atoms with Gasteiger partial charge in [0.25, 0.3) is 0 Å². The molecule has 0 fully saturated rings. The van der Waals surface area contributed by atoms with Gasteiger partial charge in [-0.25, -0.2) is 0 Å². The molecule has 4 rings (SSSR count). The number of phenolic OH excluding ortho intramolecular Hbond substituents is 1. The number of rotatable bonds is 13. The summed E-state index contributed by atoms with van der Waals surface area (Å²) in [6.07, 6.45) is 0.275. The molecule has 11 heteroatoms. The van der Waals surface area contributed by atoms with E-state index in [0.29, 0.717) is 22.6 Å². The average molecular weight is 585 g/mol. The van der Waals surface area contributed by atoms with Gasteiger partial charge in [0, 0.05) is 11.1 Å². The first-order valence-corrected chi connectivity index (χ1v) is 13.2. The van der Waals surface area contributed by atoms with Gasteiger partial charge in [0.15, 0.2) is 40.6 Å². The topological polar surface area (TPSA) is 157 Å². The van der Waals surface area contributed by atoms with Crippen LogP contribution in [0.3, 0.4) is 0 Å². The van der Waals surface area contributed by atoms with E-state index >= 15 is 0 Å². The van der Waals surface area contributed by atoms with E-state index in [1.165, 1.54) is 46.6 Å². The molecule has 5 N–H and O–H groups in total. The van der Waals surface area contributed by atoms with Gasteiger partial charge in [0.2, 0.25) is 5.75 Å². The lowest BCUT2D eigenvalue weighted by molar-refractivity contribution is -0.00180. The van der Waals surface area contributed by atoms with E-state index in [1.807, 2.05) is 6.07 Å². The van der Waals surface area contributed by atoms with Crippen molar-refractivity contribution in [2.24, 2.45) is 0 Å². The third kappa shape index (κ3) is 6.04. The molecule has 0 saturated carbocycles. The molecule has 1 aliphatic rings. The van der Waals surface area contributed by atoms with E-state index in [4.69, 9.17) is 28.4 Å². The number of aromatic hydroxyl groups is 1. The van der Waals surface area contributed by atoms with E-state index in [1.54, 1.807) is 30.4 Å². The average Bonchev–Trinajstić information content (AvgIpc) is 3.40. The van der Waals surface area contributed by atoms with Crippen LogP contribution in [0.5, 0.6) is 40.2 Å². The summed E-state index contributed by atoms with van der Waals surface area (Å²) in [4.78, 5) is 0. The Kier molecular flexibility index (Phi) is 10.0. The molecule has 0 unspecified atom stereocenters. The van der Waals surface area contributed by atoms with E-state index in [2.05, 4.69) is 0 Å². The molecule has 3 aromatic rings. The maximum atomic E-state index is 11.0. The number of ether oxygens (including phenoxy) is 6. The number of methoxy groups -OCH3 is 4. The fraction of sp³-hybridized carbons (Fsp3) is 0.355. The van der Waals surface area contributed by atoms with Crippen LogP contribution in [0.2, 0.25) is 0 Å². The van der Waals surface area contributed by atoms with Crippen LogP contribution in [0.15, 0.2) is 48.5 Å². The van der Waals surface area contributed by atoms with E-state index in [-0.39, 0.29) is 42.0 Å². The van der Waals surface area contributed by atoms with Crippen LogP contribution in [0, 0.1) is 0 Å². The van der Waals surface area contributed by atoms with Crippen molar-refractivity contribution in [2.75, 3.05) is 48.3 Å². The van der Waals surface area contributed by atoms with Crippen molar-refractivity contribution in [3.05, 3.63) is 70.8 Å². The molecular weight excluding hydrogens is 548 g/mol. The van der Waals surface area contributed by atoms with Gasteiger partial charge in [-0.2, -0.15) is 0 Å². The van der Waals surface area contributed by atoms with Gasteiger partial charge in [-0.1, -0.05) is 18.2 Å². The largest absolute Gasteiger partial charge is 0.504 e. The van der Waals surface area contributed by atoms with Crippen LogP contribution in [0.4, 0.5) is 0 Å². The smallest absolute Gasteiger partial charge is 0.204 e. The van der Waals surface area contributed by atoms with Crippen molar-refractivity contribution in [1.29, 1.82) is 0 Å². The molecule has 3 aromatic carbocycles. The number of phenols is 1. The van der Waals surface area contributed by atoms with Gasteiger partial charge in [-0.3, -0.25) is 0 Å². The Morgan fingerprint density at radius 2 is 1.52 bits per heavy atom. The van der Waals surface area contributed by atoms with Crippen molar-refractivity contribution < 1.29 is 54.0 Å². The number of hydrogen-bond acceptors (Lipinski definition) is 11. The zero-order valence-electron chi connectivity index (χ0n) is 23.8. The second-order valence-electron chi connectivity index (χ2n) is 9.52. The van der Waals surface area contributed by atoms with Gasteiger partial charge in [0.1, 0.15) is 12.2 Å². The number of fused-ring (bicyclic) bond motifs is 1. The molecule has 226 valence electrons. The standard InChI is InChI=1S/C31H36O11/c1-37-23-12-18(7-8-22(23)35)28(36)27(16-34)41-31-25(39-3)13-19(14-26(31)40-4)29-21(15-33)20-10-17(6-5-9-32)11-24(38-2)30(20)42-29/h5-8,10-14,21,27-29,32-36H,9,15-16H2,1-4H3/b6-5+/t21-,27-,28-,29+/m1/s1. The predicted octanol–water partition coefficient (Wildman–Crippen LogP) is 3.12. The van der Waals surface area contributed by atoms with Gasteiger partial charge >= 0.3 is 0 Å². The summed E-state index contributed by atoms with van der Waals surface area (Å²) in [6, 6.07) is 11.3. The zero-order chi connectivity index (χ0) is 30.4. The molecule has 0 radical (unpaired) electrons. The SMILES string of the molecule is COc1cc([C@@H](O)[C@@H](CO)Oc2c(OC)cc([C@@H]3Oc4c(OC)cc(/C=C/CO)cc4[C@H]3CO)cc2OC)ccc1O. The Balaban J connectivity index is 1.69. The maximum absolute atomic E-state index is 11.0. The minimum Gasteiger partial charge on any atom is -0.504 e. The van der Waals surface area contributed by atoms with Gasteiger partial charge in [0.05, 0.1) is 54.2 Å². The molecule has 11 nitrogen and oxygen atoms in total. The number of aliphatic hydroxyl groups is 4.